The molecule has 0 fully saturated rings. The maximum Gasteiger partial charge on any atom is 0.234 e. The van der Waals surface area contributed by atoms with Gasteiger partial charge in [0.2, 0.25) is 5.89 Å². The molecule has 0 N–H and O–H groups in total. The van der Waals surface area contributed by atoms with Crippen molar-refractivity contribution < 1.29 is 9.32 Å². The SMILES string of the molecule is CC(C)(C)C(=O)Cc1nc(CSc2ccccc2Cl)no1. The molecule has 0 spiro atoms. The number of carbonyl (C=O) groups is 1. The number of benzene rings is 1. The van der Waals surface area contributed by atoms with Crippen molar-refractivity contribution in [2.24, 2.45) is 5.41 Å². The third kappa shape index (κ3) is 4.58. The van der Waals surface area contributed by atoms with E-state index >= 15 is 0 Å². The Morgan fingerprint density at radius 3 is 2.71 bits per heavy atom. The van der Waals surface area contributed by atoms with Gasteiger partial charge >= 0.3 is 0 Å². The largest absolute Gasteiger partial charge is 0.339 e. The fourth-order valence-corrected chi connectivity index (χ4v) is 2.61. The van der Waals surface area contributed by atoms with Crippen LogP contribution in [0.1, 0.15) is 32.5 Å². The predicted molar refractivity (Wildman–Crippen MR) is 83.5 cm³/mol. The number of aromatic nitrogens is 2. The first kappa shape index (κ1) is 16.0. The average Bonchev–Trinajstić information content (AvgIpc) is 2.84. The van der Waals surface area contributed by atoms with Crippen LogP contribution >= 0.6 is 23.4 Å². The van der Waals surface area contributed by atoms with Crippen molar-refractivity contribution in [2.75, 3.05) is 0 Å². The van der Waals surface area contributed by atoms with Crippen LogP contribution in [0.2, 0.25) is 5.02 Å². The lowest BCUT2D eigenvalue weighted by Gasteiger charge is -2.14. The lowest BCUT2D eigenvalue weighted by atomic mass is 9.89. The van der Waals surface area contributed by atoms with E-state index in [1.807, 2.05) is 45.0 Å². The quantitative estimate of drug-likeness (QED) is 0.772. The summed E-state index contributed by atoms with van der Waals surface area (Å²) in [5.41, 5.74) is -0.402. The summed E-state index contributed by atoms with van der Waals surface area (Å²) < 4.78 is 5.12. The van der Waals surface area contributed by atoms with E-state index in [4.69, 9.17) is 16.1 Å². The molecule has 0 aliphatic rings. The van der Waals surface area contributed by atoms with Crippen molar-refractivity contribution >= 4 is 29.1 Å². The highest BCUT2D eigenvalue weighted by atomic mass is 35.5. The van der Waals surface area contributed by atoms with Crippen LogP contribution < -0.4 is 0 Å². The zero-order chi connectivity index (χ0) is 15.5. The minimum Gasteiger partial charge on any atom is -0.339 e. The predicted octanol–water partition coefficient (Wildman–Crippen LogP) is 4.17. The van der Waals surface area contributed by atoms with E-state index in [9.17, 15) is 4.79 Å². The molecule has 0 amide bonds. The number of hydrogen-bond donors (Lipinski definition) is 0. The summed E-state index contributed by atoms with van der Waals surface area (Å²) in [6, 6.07) is 7.60. The van der Waals surface area contributed by atoms with Crippen molar-refractivity contribution in [1.29, 1.82) is 0 Å². The number of thioether (sulfide) groups is 1. The summed E-state index contributed by atoms with van der Waals surface area (Å²) in [7, 11) is 0. The lowest BCUT2D eigenvalue weighted by Crippen LogP contribution is -2.22. The topological polar surface area (TPSA) is 56.0 Å². The number of halogens is 1. The molecule has 112 valence electrons. The number of carbonyl (C=O) groups excluding carboxylic acids is 1. The molecule has 2 aromatic rings. The highest BCUT2D eigenvalue weighted by molar-refractivity contribution is 7.98. The molecule has 0 saturated carbocycles. The van der Waals surface area contributed by atoms with Crippen LogP contribution in [0.3, 0.4) is 0 Å². The molecule has 0 aliphatic carbocycles. The third-order valence-electron chi connectivity index (χ3n) is 2.85. The molecule has 21 heavy (non-hydrogen) atoms. The molecule has 0 saturated heterocycles. The minimum atomic E-state index is -0.402. The fraction of sp³-hybridized carbons (Fsp3) is 0.400. The van der Waals surface area contributed by atoms with Crippen molar-refractivity contribution in [3.63, 3.8) is 0 Å². The molecule has 0 bridgehead atoms. The molecule has 1 aromatic carbocycles. The third-order valence-corrected chi connectivity index (χ3v) is 4.36. The second-order valence-electron chi connectivity index (χ2n) is 5.67. The first-order valence-electron chi connectivity index (χ1n) is 6.58. The van der Waals surface area contributed by atoms with Gasteiger partial charge in [0.05, 0.1) is 17.2 Å². The highest BCUT2D eigenvalue weighted by Gasteiger charge is 2.23. The number of rotatable bonds is 5. The Bertz CT molecular complexity index is 635. The first-order valence-corrected chi connectivity index (χ1v) is 7.94. The zero-order valence-corrected chi connectivity index (χ0v) is 13.8. The summed E-state index contributed by atoms with van der Waals surface area (Å²) in [6.07, 6.45) is 0.174. The molecule has 4 nitrogen and oxygen atoms in total. The maximum atomic E-state index is 11.9. The Morgan fingerprint density at radius 1 is 1.33 bits per heavy atom. The standard InChI is InChI=1S/C15H17ClN2O2S/c1-15(2,3)12(19)8-14-17-13(18-20-14)9-21-11-7-5-4-6-10(11)16/h4-7H,8-9H2,1-3H3. The van der Waals surface area contributed by atoms with Gasteiger partial charge < -0.3 is 4.52 Å². The van der Waals surface area contributed by atoms with Gasteiger partial charge in [-0.05, 0) is 12.1 Å². The van der Waals surface area contributed by atoms with E-state index in [1.54, 1.807) is 0 Å². The molecule has 6 heteroatoms. The van der Waals surface area contributed by atoms with Crippen LogP contribution in [0.15, 0.2) is 33.7 Å². The number of nitrogens with zero attached hydrogens (tertiary/aromatic N) is 2. The monoisotopic (exact) mass is 324 g/mol. The molecule has 1 aromatic heterocycles. The number of hydrogen-bond acceptors (Lipinski definition) is 5. The molecule has 0 radical (unpaired) electrons. The van der Waals surface area contributed by atoms with Crippen molar-refractivity contribution in [3.05, 3.63) is 41.0 Å². The van der Waals surface area contributed by atoms with E-state index in [-0.39, 0.29) is 12.2 Å². The average molecular weight is 325 g/mol. The van der Waals surface area contributed by atoms with Crippen LogP contribution in [0.5, 0.6) is 0 Å². The summed E-state index contributed by atoms with van der Waals surface area (Å²) in [5, 5.41) is 4.60. The van der Waals surface area contributed by atoms with Gasteiger partial charge in [-0.25, -0.2) is 0 Å². The molecule has 2 rings (SSSR count). The van der Waals surface area contributed by atoms with Crippen LogP contribution in [0.4, 0.5) is 0 Å². The molecule has 0 unspecified atom stereocenters. The Labute approximate surface area is 133 Å². The van der Waals surface area contributed by atoms with Gasteiger partial charge in [-0.2, -0.15) is 4.98 Å². The second kappa shape index (κ2) is 6.62. The molecule has 0 aliphatic heterocycles. The summed E-state index contributed by atoms with van der Waals surface area (Å²) in [6.45, 7) is 5.62. The van der Waals surface area contributed by atoms with Crippen LogP contribution in [0, 0.1) is 5.41 Å². The number of Topliss-reactive ketones (excluding diaryl/α,β-unsaturated/α-hetero) is 1. The summed E-state index contributed by atoms with van der Waals surface area (Å²) in [4.78, 5) is 17.1. The Hall–Kier alpha value is -1.33. The Balaban J connectivity index is 1.95. The van der Waals surface area contributed by atoms with Gasteiger partial charge in [0.25, 0.3) is 0 Å². The Kier molecular flexibility index (Phi) is 5.06. The van der Waals surface area contributed by atoms with Gasteiger partial charge in [-0.1, -0.05) is 49.7 Å². The van der Waals surface area contributed by atoms with E-state index in [2.05, 4.69) is 10.1 Å². The van der Waals surface area contributed by atoms with E-state index < -0.39 is 5.41 Å². The van der Waals surface area contributed by atoms with E-state index in [1.165, 1.54) is 11.8 Å². The maximum absolute atomic E-state index is 11.9. The first-order chi connectivity index (χ1) is 9.86. The second-order valence-corrected chi connectivity index (χ2v) is 7.10. The molecular formula is C15H17ClN2O2S. The summed E-state index contributed by atoms with van der Waals surface area (Å²) >= 11 is 7.62. The van der Waals surface area contributed by atoms with E-state index in [0.29, 0.717) is 22.5 Å². The van der Waals surface area contributed by atoms with Gasteiger partial charge in [0.15, 0.2) is 5.82 Å². The number of ketones is 1. The van der Waals surface area contributed by atoms with Gasteiger partial charge in [0, 0.05) is 10.3 Å². The molecular weight excluding hydrogens is 308 g/mol. The molecule has 1 heterocycles. The Morgan fingerprint density at radius 2 is 2.05 bits per heavy atom. The van der Waals surface area contributed by atoms with Crippen molar-refractivity contribution in [3.8, 4) is 0 Å². The van der Waals surface area contributed by atoms with Gasteiger partial charge in [0.1, 0.15) is 5.78 Å². The van der Waals surface area contributed by atoms with Crippen molar-refractivity contribution in [1.82, 2.24) is 10.1 Å². The van der Waals surface area contributed by atoms with Crippen molar-refractivity contribution in [2.45, 2.75) is 37.8 Å². The highest BCUT2D eigenvalue weighted by Crippen LogP contribution is 2.28. The van der Waals surface area contributed by atoms with Crippen LogP contribution in [-0.4, -0.2) is 15.9 Å². The van der Waals surface area contributed by atoms with Crippen LogP contribution in [0.25, 0.3) is 0 Å². The minimum absolute atomic E-state index is 0.0801. The molecule has 0 atom stereocenters. The van der Waals surface area contributed by atoms with Crippen LogP contribution in [-0.2, 0) is 17.0 Å². The smallest absolute Gasteiger partial charge is 0.234 e. The zero-order valence-electron chi connectivity index (χ0n) is 12.2. The normalized spacial score (nSPS) is 11.6. The lowest BCUT2D eigenvalue weighted by molar-refractivity contribution is -0.125. The van der Waals surface area contributed by atoms with Gasteiger partial charge in [-0.3, -0.25) is 4.79 Å². The van der Waals surface area contributed by atoms with E-state index in [0.717, 1.165) is 4.90 Å². The fourth-order valence-electron chi connectivity index (χ4n) is 1.53. The summed E-state index contributed by atoms with van der Waals surface area (Å²) in [5.74, 6) is 1.56. The van der Waals surface area contributed by atoms with Gasteiger partial charge in [-0.15, -0.1) is 11.8 Å².